The number of aliphatic hydroxyl groups is 6. The third-order valence-corrected chi connectivity index (χ3v) is 49.9. The van der Waals surface area contributed by atoms with Gasteiger partial charge in [0.2, 0.25) is 0 Å². The molecule has 0 aliphatic heterocycles. The van der Waals surface area contributed by atoms with Crippen molar-refractivity contribution < 1.29 is 45.0 Å². The van der Waals surface area contributed by atoms with Crippen LogP contribution in [-0.2, 0) is 27.5 Å². The van der Waals surface area contributed by atoms with E-state index in [-0.39, 0.29) is 51.0 Å². The monoisotopic (exact) mass is 1960 g/mol. The van der Waals surface area contributed by atoms with Crippen LogP contribution < -0.4 is 0 Å². The van der Waals surface area contributed by atoms with Crippen LogP contribution in [0.1, 0.15) is 404 Å². The number of benzene rings is 2. The Labute approximate surface area is 840 Å². The van der Waals surface area contributed by atoms with Gasteiger partial charge >= 0.3 is 0 Å². The van der Waals surface area contributed by atoms with E-state index in [4.69, 9.17) is 0 Å². The minimum atomic E-state index is -0.409. The summed E-state index contributed by atoms with van der Waals surface area (Å²) in [5.74, 6) is 22.9. The number of carbonyl (C=O) groups excluding carboxylic acids is 3. The maximum absolute atomic E-state index is 13.6. The number of aromatic nitrogens is 6. The number of hydrogen-bond acceptors (Lipinski definition) is 13. The number of allylic oxidation sites excluding steroid dienone is 2. The smallest absolute Gasteiger partial charge is 0.159 e. The normalized spacial score (nSPS) is 48.5. The fourth-order valence-electron chi connectivity index (χ4n) is 41.8. The van der Waals surface area contributed by atoms with Gasteiger partial charge in [0.25, 0.3) is 0 Å². The predicted octanol–water partition coefficient (Wildman–Crippen LogP) is 26.7. The maximum Gasteiger partial charge on any atom is 0.159 e. The van der Waals surface area contributed by atoms with E-state index in [1.807, 2.05) is 60.1 Å². The number of alkyl halides is 1. The second kappa shape index (κ2) is 39.7. The number of carbonyl (C=O) groups is 3. The highest BCUT2D eigenvalue weighted by atomic mass is 79.9. The highest BCUT2D eigenvalue weighted by Gasteiger charge is 2.66. The van der Waals surface area contributed by atoms with E-state index < -0.39 is 11.2 Å². The Bertz CT molecular complexity index is 4930. The van der Waals surface area contributed by atoms with Crippen LogP contribution in [0.4, 0.5) is 0 Å². The van der Waals surface area contributed by atoms with E-state index in [0.29, 0.717) is 82.1 Å². The first-order valence-electron chi connectivity index (χ1n) is 58.8. The first kappa shape index (κ1) is 101. The number of aliphatic hydroxyl groups excluding tert-OH is 1. The van der Waals surface area contributed by atoms with Crippen molar-refractivity contribution in [3.63, 3.8) is 0 Å². The summed E-state index contributed by atoms with van der Waals surface area (Å²) in [4.78, 5) is 41.2. The Kier molecular flexibility index (Phi) is 29.2. The lowest BCUT2D eigenvalue weighted by atomic mass is 9.48. The molecule has 0 amide bonds. The molecular weight excluding hydrogens is 1770 g/mol. The Morgan fingerprint density at radius 3 is 1.05 bits per heavy atom. The number of hydrogen-bond donors (Lipinski definition) is 6. The minimum Gasteiger partial charge on any atom is -0.393 e. The van der Waals surface area contributed by atoms with E-state index in [1.165, 1.54) is 205 Å². The van der Waals surface area contributed by atoms with Gasteiger partial charge in [0.05, 0.1) is 45.0 Å². The molecule has 15 nitrogen and oxygen atoms in total. The second-order valence-electron chi connectivity index (χ2n) is 54.1. The molecule has 2 aromatic heterocycles. The van der Waals surface area contributed by atoms with Gasteiger partial charge < -0.3 is 30.6 Å². The molecule has 6 N–H and O–H groups in total. The summed E-state index contributed by atoms with van der Waals surface area (Å²) in [5.41, 5.74) is 4.88. The molecule has 20 aliphatic carbocycles. The molecular formula is C122H187BrN6O9. The molecule has 16 heteroatoms. The van der Waals surface area contributed by atoms with Gasteiger partial charge in [0, 0.05) is 17.8 Å². The summed E-state index contributed by atoms with van der Waals surface area (Å²) in [6.07, 6.45) is 62.3. The SMILES string of the molecule is CC=C1CC[C@H]2[C@@H]3CC[C@H]4C[C@@](O)(CC)CC[C@@H]4[C@H]3CC[C@]12C.CC[C@@]1(O)CC[C@H]2[C@@H](CC[C@@H]3[C@@H]2CC[C@]2(C)C(C(C)O)CC[C@@H]32)C1.CC[C@@]1(O)CC[C@H]2[C@@H](CC[C@@H]3[C@@H]2CC[C@]2(C)[C@@H](C(=O)CBr)CC[C@@H]32)C1.CC[C@@]1(O)CC[C@H]2[C@@H](CC[C@@H]3[C@@H]2CC[C@]2(C)[C@@H](C(=O)Cn4nc5ccccc5n4)CC[C@@H]32)C1.CC[C@@]1(O)CC[C@H]2[C@@H](CC[C@@H]3[C@@H]2CC[C@]2(C)[C@@H](C(=O)Cn4nnc5ccccc54)CC[C@@H]32)C1. The standard InChI is InChI=1S/2C28H39N3O2.C22H35BrO2.C22H38O2.C22H36O/c1-3-28(33)15-13-19-18(16-28)8-9-21-20(19)12-14-27(2)22(21)10-11-23(27)26(32)17-31-25-7-5-4-6-24(25)29-30-31;1-3-28(33)15-13-19-18(16-28)8-9-21-20(19)12-14-27(2)22(21)10-11-23(27)26(32)17-31-29-24-6-4-5-7-25(24)30-31;1-3-22(25)11-9-15-14(12-22)4-5-17-16(15)8-10-21(2)18(17)6-7-19(21)20(24)13-23;1-4-22(24)12-10-16-15(13-22)5-6-18-17(16)9-11-21(3)19(14(2)23)7-8-20(18)21;1-4-16-7-9-20-19-8-6-15-14-22(23,5-2)13-11-17(15)18(19)10-12-21(16,20)3/h2*4-7,18-23,33H,3,8-17H2,1-2H3;14-19,25H,3-13H2,1-2H3;14-20,23-24H,4-13H2,1-3H3;4,15,17-20,23H,5-14H2,1-3H3/t2*18-,19-,20+,21+,22-,23+,27-,28+;14-,15-,16+,17+,18-,19+,21-,22+;14?,15-,16-,17+,18+,19?,20-,21+,22+;15-,17-,18+,19+,20-,21+,22+/m00000/s1. The molecule has 24 rings (SSSR count). The molecule has 0 spiro atoms. The molecule has 0 saturated heterocycles. The van der Waals surface area contributed by atoms with Crippen LogP contribution in [0.25, 0.3) is 22.1 Å². The number of halogens is 1. The summed E-state index contributed by atoms with van der Waals surface area (Å²) in [5, 5.41) is 82.6. The first-order valence-corrected chi connectivity index (χ1v) is 59.9. The molecule has 138 heavy (non-hydrogen) atoms. The largest absolute Gasteiger partial charge is 0.393 e. The molecule has 2 heterocycles. The zero-order valence-electron chi connectivity index (χ0n) is 88.0. The summed E-state index contributed by atoms with van der Waals surface area (Å²) in [6, 6.07) is 15.8. The van der Waals surface area contributed by atoms with Crippen LogP contribution >= 0.6 is 15.9 Å². The van der Waals surface area contributed by atoms with Crippen LogP contribution in [0.15, 0.2) is 60.2 Å². The molecule has 20 fully saturated rings. The molecule has 40 atom stereocenters. The van der Waals surface area contributed by atoms with E-state index in [2.05, 4.69) is 119 Å². The highest BCUT2D eigenvalue weighted by molar-refractivity contribution is 9.09. The number of nitrogens with zero attached hydrogens (tertiary/aromatic N) is 6. The zero-order chi connectivity index (χ0) is 96.8. The van der Waals surface area contributed by atoms with Crippen LogP contribution in [0.3, 0.4) is 0 Å². The number of para-hydroxylation sites is 1. The van der Waals surface area contributed by atoms with Gasteiger partial charge in [0.1, 0.15) is 35.4 Å². The Balaban J connectivity index is 0.000000107. The number of fused-ring (bicyclic) bond motifs is 27. The lowest BCUT2D eigenvalue weighted by Crippen LogP contribution is -2.51. The van der Waals surface area contributed by atoms with Crippen molar-refractivity contribution in [3.05, 3.63) is 60.2 Å². The van der Waals surface area contributed by atoms with Gasteiger partial charge in [-0.05, 0) is 540 Å². The van der Waals surface area contributed by atoms with Crippen molar-refractivity contribution in [2.45, 2.75) is 451 Å². The van der Waals surface area contributed by atoms with E-state index in [0.717, 1.165) is 262 Å². The van der Waals surface area contributed by atoms with E-state index in [9.17, 15) is 45.0 Å². The van der Waals surface area contributed by atoms with Gasteiger partial charge in [-0.2, -0.15) is 15.0 Å². The van der Waals surface area contributed by atoms with Crippen LogP contribution in [-0.4, -0.2) is 117 Å². The fourth-order valence-corrected chi connectivity index (χ4v) is 42.2. The lowest BCUT2D eigenvalue weighted by molar-refractivity contribution is -0.134. The average molecular weight is 1960 g/mol. The second-order valence-corrected chi connectivity index (χ2v) is 54.6. The third kappa shape index (κ3) is 18.3. The van der Waals surface area contributed by atoms with Crippen molar-refractivity contribution >= 4 is 55.3 Å². The maximum atomic E-state index is 13.6. The summed E-state index contributed by atoms with van der Waals surface area (Å²) in [6.45, 7) is 28.1. The number of Topliss-reactive ketones (excluding diaryl/α,β-unsaturated/α-hetero) is 3. The van der Waals surface area contributed by atoms with Gasteiger partial charge in [-0.15, -0.1) is 5.10 Å². The minimum absolute atomic E-state index is 0.135. The summed E-state index contributed by atoms with van der Waals surface area (Å²) in [7, 11) is 0. The number of rotatable bonds is 14. The first-order chi connectivity index (χ1) is 66.1. The van der Waals surface area contributed by atoms with Crippen molar-refractivity contribution in [2.24, 2.45) is 199 Å². The molecule has 0 radical (unpaired) electrons. The Morgan fingerprint density at radius 2 is 0.688 bits per heavy atom. The highest BCUT2D eigenvalue weighted by Crippen LogP contribution is 2.72. The average Bonchev–Trinajstić information content (AvgIpc) is 1.56. The predicted molar refractivity (Wildman–Crippen MR) is 555 cm³/mol. The van der Waals surface area contributed by atoms with Crippen LogP contribution in [0.5, 0.6) is 0 Å². The molecule has 20 aliphatic rings. The van der Waals surface area contributed by atoms with Gasteiger partial charge in [-0.3, -0.25) is 14.4 Å². The topological polar surface area (TPSA) is 234 Å². The van der Waals surface area contributed by atoms with Gasteiger partial charge in [0.15, 0.2) is 11.6 Å². The van der Waals surface area contributed by atoms with Crippen molar-refractivity contribution in [3.8, 4) is 0 Å². The molecule has 2 unspecified atom stereocenters. The Hall–Kier alpha value is -3.77. The Morgan fingerprint density at radius 1 is 0.370 bits per heavy atom. The molecule has 0 bridgehead atoms. The van der Waals surface area contributed by atoms with Crippen molar-refractivity contribution in [2.75, 3.05) is 5.33 Å². The van der Waals surface area contributed by atoms with Gasteiger partial charge in [-0.1, -0.05) is 126 Å². The molecule has 2 aromatic carbocycles. The van der Waals surface area contributed by atoms with Crippen LogP contribution in [0, 0.1) is 199 Å². The van der Waals surface area contributed by atoms with Gasteiger partial charge in [-0.25, -0.2) is 4.68 Å². The third-order valence-electron chi connectivity index (χ3n) is 49.3. The lowest BCUT2D eigenvalue weighted by Gasteiger charge is -2.57. The van der Waals surface area contributed by atoms with E-state index >= 15 is 0 Å². The zero-order valence-corrected chi connectivity index (χ0v) is 89.5. The molecule has 766 valence electrons. The molecule has 4 aromatic rings. The van der Waals surface area contributed by atoms with Crippen molar-refractivity contribution in [1.29, 1.82) is 0 Å². The van der Waals surface area contributed by atoms with Crippen LogP contribution in [0.2, 0.25) is 0 Å². The van der Waals surface area contributed by atoms with E-state index in [1.54, 1.807) is 10.4 Å². The van der Waals surface area contributed by atoms with Crippen molar-refractivity contribution in [1.82, 2.24) is 30.0 Å². The summed E-state index contributed by atoms with van der Waals surface area (Å²) < 4.78 is 1.81. The quantitative estimate of drug-likeness (QED) is 0.0510. The molecule has 20 saturated carbocycles. The number of ketones is 3. The fraction of sp³-hybridized carbons (Fsp3) is 0.861. The summed E-state index contributed by atoms with van der Waals surface area (Å²) >= 11 is 3.42.